The topological polar surface area (TPSA) is 35.5 Å². The Hall–Kier alpha value is -1.06. The molecule has 0 aliphatic carbocycles. The Labute approximate surface area is 109 Å². The van der Waals surface area contributed by atoms with Gasteiger partial charge in [-0.2, -0.15) is 0 Å². The SMILES string of the molecule is CC1(CN2CC(O)Cc3ccccc32)CCNC1. The molecule has 1 aromatic carbocycles. The molecule has 1 aromatic rings. The highest BCUT2D eigenvalue weighted by atomic mass is 16.3. The first-order chi connectivity index (χ1) is 8.66. The first kappa shape index (κ1) is 12.0. The van der Waals surface area contributed by atoms with Crippen LogP contribution in [0.1, 0.15) is 18.9 Å². The Balaban J connectivity index is 1.84. The summed E-state index contributed by atoms with van der Waals surface area (Å²) >= 11 is 0. The molecule has 3 heteroatoms. The van der Waals surface area contributed by atoms with Crippen LogP contribution < -0.4 is 10.2 Å². The number of nitrogens with zero attached hydrogens (tertiary/aromatic N) is 1. The lowest BCUT2D eigenvalue weighted by molar-refractivity contribution is 0.171. The molecule has 0 spiro atoms. The summed E-state index contributed by atoms with van der Waals surface area (Å²) in [6.07, 6.45) is 1.79. The van der Waals surface area contributed by atoms with Gasteiger partial charge in [0.15, 0.2) is 0 Å². The van der Waals surface area contributed by atoms with Gasteiger partial charge in [0.1, 0.15) is 0 Å². The zero-order valence-electron chi connectivity index (χ0n) is 11.0. The van der Waals surface area contributed by atoms with Crippen LogP contribution in [0.25, 0.3) is 0 Å². The number of fused-ring (bicyclic) bond motifs is 1. The molecule has 2 aliphatic rings. The van der Waals surface area contributed by atoms with Crippen LogP contribution in [0.5, 0.6) is 0 Å². The summed E-state index contributed by atoms with van der Waals surface area (Å²) in [5, 5.41) is 13.5. The van der Waals surface area contributed by atoms with Crippen LogP contribution in [0.2, 0.25) is 0 Å². The Morgan fingerprint density at radius 2 is 2.28 bits per heavy atom. The highest BCUT2D eigenvalue weighted by Gasteiger charge is 2.33. The number of benzene rings is 1. The Kier molecular flexibility index (Phi) is 3.04. The van der Waals surface area contributed by atoms with E-state index in [-0.39, 0.29) is 6.10 Å². The number of β-amino-alcohol motifs (C(OH)–C–C–N with tert-alkyl or cyclic N) is 1. The van der Waals surface area contributed by atoms with Crippen molar-refractivity contribution in [1.29, 1.82) is 0 Å². The molecule has 2 atom stereocenters. The molecule has 1 fully saturated rings. The maximum atomic E-state index is 10.0. The lowest BCUT2D eigenvalue weighted by Gasteiger charge is -2.39. The van der Waals surface area contributed by atoms with E-state index in [9.17, 15) is 5.11 Å². The predicted molar refractivity (Wildman–Crippen MR) is 74.0 cm³/mol. The fraction of sp³-hybridized carbons (Fsp3) is 0.600. The van der Waals surface area contributed by atoms with E-state index in [1.165, 1.54) is 17.7 Å². The normalized spacial score (nSPS) is 31.4. The van der Waals surface area contributed by atoms with Gasteiger partial charge in [-0.1, -0.05) is 25.1 Å². The maximum absolute atomic E-state index is 10.0. The fourth-order valence-electron chi connectivity index (χ4n) is 3.28. The van der Waals surface area contributed by atoms with E-state index in [2.05, 4.69) is 41.4 Å². The summed E-state index contributed by atoms with van der Waals surface area (Å²) in [5.74, 6) is 0. The third kappa shape index (κ3) is 2.25. The molecule has 2 aliphatic heterocycles. The number of rotatable bonds is 2. The van der Waals surface area contributed by atoms with Gasteiger partial charge in [0, 0.05) is 31.7 Å². The van der Waals surface area contributed by atoms with Gasteiger partial charge in [0.2, 0.25) is 0 Å². The molecule has 2 heterocycles. The number of aliphatic hydroxyl groups is 1. The van der Waals surface area contributed by atoms with Gasteiger partial charge in [0.05, 0.1) is 6.10 Å². The summed E-state index contributed by atoms with van der Waals surface area (Å²) in [4.78, 5) is 2.37. The van der Waals surface area contributed by atoms with Crippen molar-refractivity contribution in [3.05, 3.63) is 29.8 Å². The van der Waals surface area contributed by atoms with Gasteiger partial charge in [-0.05, 0) is 30.0 Å². The van der Waals surface area contributed by atoms with Crippen molar-refractivity contribution >= 4 is 5.69 Å². The smallest absolute Gasteiger partial charge is 0.0756 e. The first-order valence-electron chi connectivity index (χ1n) is 6.88. The minimum Gasteiger partial charge on any atom is -0.391 e. The summed E-state index contributed by atoms with van der Waals surface area (Å²) in [5.41, 5.74) is 2.94. The molecule has 2 N–H and O–H groups in total. The molecule has 3 nitrogen and oxygen atoms in total. The summed E-state index contributed by atoms with van der Waals surface area (Å²) in [6.45, 7) is 6.35. The van der Waals surface area contributed by atoms with Crippen LogP contribution >= 0.6 is 0 Å². The highest BCUT2D eigenvalue weighted by Crippen LogP contribution is 2.32. The summed E-state index contributed by atoms with van der Waals surface area (Å²) < 4.78 is 0. The molecule has 0 bridgehead atoms. The van der Waals surface area contributed by atoms with Crippen molar-refractivity contribution in [1.82, 2.24) is 5.32 Å². The van der Waals surface area contributed by atoms with E-state index in [1.54, 1.807) is 0 Å². The third-order valence-electron chi connectivity index (χ3n) is 4.25. The Morgan fingerprint density at radius 3 is 3.06 bits per heavy atom. The van der Waals surface area contributed by atoms with E-state index >= 15 is 0 Å². The van der Waals surface area contributed by atoms with Crippen molar-refractivity contribution in [3.8, 4) is 0 Å². The molecule has 0 radical (unpaired) electrons. The van der Waals surface area contributed by atoms with E-state index in [0.717, 1.165) is 32.6 Å². The van der Waals surface area contributed by atoms with Crippen LogP contribution in [0.15, 0.2) is 24.3 Å². The highest BCUT2D eigenvalue weighted by molar-refractivity contribution is 5.56. The molecular weight excluding hydrogens is 224 g/mol. The van der Waals surface area contributed by atoms with Gasteiger partial charge < -0.3 is 15.3 Å². The first-order valence-corrected chi connectivity index (χ1v) is 6.88. The Morgan fingerprint density at radius 1 is 1.44 bits per heavy atom. The number of hydrogen-bond acceptors (Lipinski definition) is 3. The Bertz CT molecular complexity index is 426. The van der Waals surface area contributed by atoms with Crippen molar-refractivity contribution < 1.29 is 5.11 Å². The number of anilines is 1. The van der Waals surface area contributed by atoms with Gasteiger partial charge in [-0.25, -0.2) is 0 Å². The second kappa shape index (κ2) is 4.56. The van der Waals surface area contributed by atoms with E-state index < -0.39 is 0 Å². The monoisotopic (exact) mass is 246 g/mol. The lowest BCUT2D eigenvalue weighted by Crippen LogP contribution is -2.44. The van der Waals surface area contributed by atoms with Crippen molar-refractivity contribution in [2.24, 2.45) is 5.41 Å². The quantitative estimate of drug-likeness (QED) is 0.828. The van der Waals surface area contributed by atoms with Gasteiger partial charge in [-0.3, -0.25) is 0 Å². The number of aliphatic hydroxyl groups excluding tert-OH is 1. The van der Waals surface area contributed by atoms with E-state index in [1.807, 2.05) is 0 Å². The number of para-hydroxylation sites is 1. The van der Waals surface area contributed by atoms with Gasteiger partial charge in [-0.15, -0.1) is 0 Å². The largest absolute Gasteiger partial charge is 0.391 e. The standard InChI is InChI=1S/C15H22N2O/c1-15(6-7-16-10-15)11-17-9-13(18)8-12-4-2-3-5-14(12)17/h2-5,13,16,18H,6-11H2,1H3. The molecule has 18 heavy (non-hydrogen) atoms. The zero-order valence-corrected chi connectivity index (χ0v) is 11.0. The molecule has 1 saturated heterocycles. The minimum absolute atomic E-state index is 0.224. The molecule has 0 saturated carbocycles. The van der Waals surface area contributed by atoms with Crippen molar-refractivity contribution in [3.63, 3.8) is 0 Å². The second-order valence-corrected chi connectivity index (χ2v) is 6.10. The number of nitrogens with one attached hydrogen (secondary N) is 1. The van der Waals surface area contributed by atoms with Crippen LogP contribution in [0, 0.1) is 5.41 Å². The maximum Gasteiger partial charge on any atom is 0.0756 e. The summed E-state index contributed by atoms with van der Waals surface area (Å²) in [6, 6.07) is 8.49. The fourth-order valence-corrected chi connectivity index (χ4v) is 3.28. The van der Waals surface area contributed by atoms with Crippen molar-refractivity contribution in [2.75, 3.05) is 31.1 Å². The molecule has 3 rings (SSSR count). The lowest BCUT2D eigenvalue weighted by atomic mass is 9.87. The molecule has 2 unspecified atom stereocenters. The van der Waals surface area contributed by atoms with Crippen LogP contribution in [0.4, 0.5) is 5.69 Å². The minimum atomic E-state index is -0.224. The van der Waals surface area contributed by atoms with E-state index in [0.29, 0.717) is 5.41 Å². The van der Waals surface area contributed by atoms with Gasteiger partial charge >= 0.3 is 0 Å². The number of hydrogen-bond donors (Lipinski definition) is 2. The molecular formula is C15H22N2O. The van der Waals surface area contributed by atoms with Gasteiger partial charge in [0.25, 0.3) is 0 Å². The zero-order chi connectivity index (χ0) is 12.6. The summed E-state index contributed by atoms with van der Waals surface area (Å²) in [7, 11) is 0. The van der Waals surface area contributed by atoms with Crippen LogP contribution in [0.3, 0.4) is 0 Å². The average molecular weight is 246 g/mol. The molecule has 0 aromatic heterocycles. The van der Waals surface area contributed by atoms with E-state index in [4.69, 9.17) is 0 Å². The molecule has 98 valence electrons. The van der Waals surface area contributed by atoms with Crippen molar-refractivity contribution in [2.45, 2.75) is 25.9 Å². The average Bonchev–Trinajstić information content (AvgIpc) is 2.75. The van der Waals surface area contributed by atoms with Crippen LogP contribution in [-0.4, -0.2) is 37.4 Å². The second-order valence-electron chi connectivity index (χ2n) is 6.10. The molecule has 0 amide bonds. The third-order valence-corrected chi connectivity index (χ3v) is 4.25. The predicted octanol–water partition coefficient (Wildman–Crippen LogP) is 1.41. The van der Waals surface area contributed by atoms with Crippen LogP contribution in [-0.2, 0) is 6.42 Å².